The number of carbonyl (C=O) groups excluding carboxylic acids is 1. The van der Waals surface area contributed by atoms with Crippen LogP contribution in [0.15, 0.2) is 44.9 Å². The summed E-state index contributed by atoms with van der Waals surface area (Å²) in [5.74, 6) is 1.58. The number of fused-ring (bicyclic) bond motifs is 1. The van der Waals surface area contributed by atoms with Gasteiger partial charge in [0.25, 0.3) is 15.9 Å². The topological polar surface area (TPSA) is 71.7 Å². The minimum Gasteiger partial charge on any atom is -0.305 e. The minimum absolute atomic E-state index is 0.166. The summed E-state index contributed by atoms with van der Waals surface area (Å²) in [7, 11) is -3.75. The van der Waals surface area contributed by atoms with E-state index in [9.17, 15) is 17.6 Å². The number of hydrogen-bond acceptors (Lipinski definition) is 5. The monoisotopic (exact) mass is 449 g/mol. The maximum absolute atomic E-state index is 13.6. The molecule has 0 bridgehead atoms. The van der Waals surface area contributed by atoms with Gasteiger partial charge >= 0.3 is 0 Å². The zero-order chi connectivity index (χ0) is 20.6. The van der Waals surface area contributed by atoms with Crippen molar-refractivity contribution >= 4 is 48.8 Å². The number of carbonyl (C=O) groups is 1. The summed E-state index contributed by atoms with van der Waals surface area (Å²) >= 11 is 2.26. The van der Waals surface area contributed by atoms with Crippen molar-refractivity contribution in [2.45, 2.75) is 29.6 Å². The van der Waals surface area contributed by atoms with Crippen molar-refractivity contribution in [2.75, 3.05) is 6.54 Å². The van der Waals surface area contributed by atoms with Gasteiger partial charge in [0.2, 0.25) is 0 Å². The molecule has 1 fully saturated rings. The number of thiophene rings is 1. The molecule has 29 heavy (non-hydrogen) atoms. The molecule has 0 spiro atoms. The number of amides is 1. The molecule has 1 aliphatic rings. The number of thiazole rings is 1. The number of terminal acetylenes is 1. The predicted molar refractivity (Wildman–Crippen MR) is 110 cm³/mol. The van der Waals surface area contributed by atoms with E-state index >= 15 is 0 Å². The Morgan fingerprint density at radius 1 is 1.38 bits per heavy atom. The zero-order valence-electron chi connectivity index (χ0n) is 15.1. The van der Waals surface area contributed by atoms with Gasteiger partial charge in [0.05, 0.1) is 16.8 Å². The second-order valence-electron chi connectivity index (χ2n) is 6.44. The summed E-state index contributed by atoms with van der Waals surface area (Å²) in [6, 6.07) is 6.60. The largest absolute Gasteiger partial charge is 0.305 e. The Morgan fingerprint density at radius 3 is 2.93 bits per heavy atom. The second-order valence-corrected chi connectivity index (χ2v) is 10.5. The Bertz CT molecular complexity index is 1280. The van der Waals surface area contributed by atoms with Crippen LogP contribution in [0.1, 0.15) is 12.8 Å². The van der Waals surface area contributed by atoms with Crippen LogP contribution in [0.2, 0.25) is 0 Å². The highest BCUT2D eigenvalue weighted by atomic mass is 32.2. The average Bonchev–Trinajstić information content (AvgIpc) is 3.42. The lowest BCUT2D eigenvalue weighted by molar-refractivity contribution is -0.121. The number of hydrogen-bond donors (Lipinski definition) is 0. The molecule has 4 rings (SSSR count). The number of sulfonamides is 1. The highest BCUT2D eigenvalue weighted by Gasteiger charge is 2.39. The van der Waals surface area contributed by atoms with Gasteiger partial charge in [0.15, 0.2) is 4.80 Å². The van der Waals surface area contributed by atoms with E-state index in [4.69, 9.17) is 6.42 Å². The van der Waals surface area contributed by atoms with Crippen LogP contribution in [-0.4, -0.2) is 35.8 Å². The van der Waals surface area contributed by atoms with E-state index in [1.165, 1.54) is 22.5 Å². The first-order valence-corrected chi connectivity index (χ1v) is 11.9. The van der Waals surface area contributed by atoms with Crippen molar-refractivity contribution in [2.24, 2.45) is 4.99 Å². The van der Waals surface area contributed by atoms with E-state index in [1.807, 2.05) is 0 Å². The SMILES string of the molecule is C#CCn1c(=NC(=O)C2CCCN2S(=O)(=O)c2cccs2)sc2cc(F)ccc21. The Morgan fingerprint density at radius 2 is 2.21 bits per heavy atom. The predicted octanol–water partition coefficient (Wildman–Crippen LogP) is 2.82. The van der Waals surface area contributed by atoms with Gasteiger partial charge in [-0.2, -0.15) is 9.30 Å². The van der Waals surface area contributed by atoms with Crippen LogP contribution in [0.3, 0.4) is 0 Å². The van der Waals surface area contributed by atoms with E-state index in [-0.39, 0.29) is 17.3 Å². The molecule has 3 heterocycles. The van der Waals surface area contributed by atoms with Gasteiger partial charge in [0, 0.05) is 6.54 Å². The smallest absolute Gasteiger partial charge is 0.266 e. The fourth-order valence-electron chi connectivity index (χ4n) is 3.35. The first kappa shape index (κ1) is 20.0. The van der Waals surface area contributed by atoms with Crippen molar-refractivity contribution < 1.29 is 17.6 Å². The van der Waals surface area contributed by atoms with Crippen molar-refractivity contribution in [1.82, 2.24) is 8.87 Å². The zero-order valence-corrected chi connectivity index (χ0v) is 17.6. The molecule has 3 aromatic rings. The normalized spacial score (nSPS) is 18.3. The number of halogens is 1. The first-order valence-electron chi connectivity index (χ1n) is 8.78. The third kappa shape index (κ3) is 3.67. The van der Waals surface area contributed by atoms with Gasteiger partial charge in [-0.25, -0.2) is 12.8 Å². The molecular weight excluding hydrogens is 433 g/mol. The summed E-state index contributed by atoms with van der Waals surface area (Å²) < 4.78 is 43.0. The summed E-state index contributed by atoms with van der Waals surface area (Å²) in [4.78, 5) is 17.5. The van der Waals surface area contributed by atoms with Crippen molar-refractivity contribution in [1.29, 1.82) is 0 Å². The van der Waals surface area contributed by atoms with Crippen LogP contribution in [0.25, 0.3) is 10.2 Å². The maximum Gasteiger partial charge on any atom is 0.266 e. The molecule has 0 N–H and O–H groups in total. The second kappa shape index (κ2) is 7.84. The van der Waals surface area contributed by atoms with Crippen LogP contribution < -0.4 is 4.80 Å². The van der Waals surface area contributed by atoms with Crippen molar-refractivity contribution in [3.63, 3.8) is 0 Å². The molecule has 0 saturated carbocycles. The summed E-state index contributed by atoms with van der Waals surface area (Å²) in [5, 5.41) is 1.68. The molecule has 1 saturated heterocycles. The Kier molecular flexibility index (Phi) is 5.40. The Hall–Kier alpha value is -2.32. The molecule has 1 aromatic carbocycles. The van der Waals surface area contributed by atoms with Gasteiger partial charge in [-0.15, -0.1) is 17.8 Å². The third-order valence-electron chi connectivity index (χ3n) is 4.65. The fourth-order valence-corrected chi connectivity index (χ4v) is 7.18. The molecule has 1 unspecified atom stereocenters. The minimum atomic E-state index is -3.75. The third-order valence-corrected chi connectivity index (χ3v) is 8.97. The number of benzene rings is 1. The summed E-state index contributed by atoms with van der Waals surface area (Å²) in [6.07, 6.45) is 6.43. The lowest BCUT2D eigenvalue weighted by Gasteiger charge is -2.20. The first-order chi connectivity index (χ1) is 13.9. The standard InChI is InChI=1S/C19H16FN3O3S3/c1-2-9-22-14-8-7-13(20)12-16(14)28-19(22)21-18(24)15-5-3-10-23(15)29(25,26)17-6-4-11-27-17/h1,4,6-8,11-12,15H,3,5,9-10H2. The molecule has 2 aromatic heterocycles. The van der Waals surface area contributed by atoms with Crippen LogP contribution in [0.5, 0.6) is 0 Å². The summed E-state index contributed by atoms with van der Waals surface area (Å²) in [5.41, 5.74) is 0.676. The average molecular weight is 450 g/mol. The van der Waals surface area contributed by atoms with Gasteiger partial charge in [-0.05, 0) is 42.5 Å². The molecule has 10 heteroatoms. The van der Waals surface area contributed by atoms with Crippen molar-refractivity contribution in [3.8, 4) is 12.3 Å². The van der Waals surface area contributed by atoms with E-state index in [0.29, 0.717) is 27.9 Å². The molecular formula is C19H16FN3O3S3. The van der Waals surface area contributed by atoms with E-state index in [1.54, 1.807) is 22.1 Å². The molecule has 1 amide bonds. The molecule has 0 aliphatic carbocycles. The number of aromatic nitrogens is 1. The molecule has 150 valence electrons. The van der Waals surface area contributed by atoms with Gasteiger partial charge in [-0.3, -0.25) is 4.79 Å². The Labute approximate surface area is 175 Å². The molecule has 0 radical (unpaired) electrons. The molecule has 6 nitrogen and oxygen atoms in total. The van der Waals surface area contributed by atoms with Crippen LogP contribution >= 0.6 is 22.7 Å². The quantitative estimate of drug-likeness (QED) is 0.575. The summed E-state index contributed by atoms with van der Waals surface area (Å²) in [6.45, 7) is 0.438. The lowest BCUT2D eigenvalue weighted by atomic mass is 10.2. The number of rotatable bonds is 4. The number of nitrogens with zero attached hydrogens (tertiary/aromatic N) is 3. The van der Waals surface area contributed by atoms with Crippen LogP contribution in [-0.2, 0) is 21.4 Å². The van der Waals surface area contributed by atoms with E-state index in [2.05, 4.69) is 10.9 Å². The highest BCUT2D eigenvalue weighted by Crippen LogP contribution is 2.29. The lowest BCUT2D eigenvalue weighted by Crippen LogP contribution is -2.40. The highest BCUT2D eigenvalue weighted by molar-refractivity contribution is 7.91. The van der Waals surface area contributed by atoms with Crippen molar-refractivity contribution in [3.05, 3.63) is 46.3 Å². The van der Waals surface area contributed by atoms with E-state index < -0.39 is 27.8 Å². The Balaban J connectivity index is 1.74. The van der Waals surface area contributed by atoms with Gasteiger partial charge < -0.3 is 4.57 Å². The van der Waals surface area contributed by atoms with E-state index in [0.717, 1.165) is 22.7 Å². The van der Waals surface area contributed by atoms with Gasteiger partial charge in [-0.1, -0.05) is 23.3 Å². The van der Waals surface area contributed by atoms with Gasteiger partial charge in [0.1, 0.15) is 16.1 Å². The molecule has 1 atom stereocenters. The fraction of sp³-hybridized carbons (Fsp3) is 0.263. The van der Waals surface area contributed by atoms with Crippen LogP contribution in [0, 0.1) is 18.2 Å². The molecule has 1 aliphatic heterocycles. The van der Waals surface area contributed by atoms with Crippen LogP contribution in [0.4, 0.5) is 4.39 Å². The maximum atomic E-state index is 13.6.